The maximum atomic E-state index is 11.6. The van der Waals surface area contributed by atoms with Crippen LogP contribution >= 0.6 is 11.8 Å². The first-order valence-electron chi connectivity index (χ1n) is 6.22. The fourth-order valence-electron chi connectivity index (χ4n) is 2.51. The predicted octanol–water partition coefficient (Wildman–Crippen LogP) is 1.56. The van der Waals surface area contributed by atoms with Gasteiger partial charge in [0.1, 0.15) is 0 Å². The quantitative estimate of drug-likeness (QED) is 0.867. The molecule has 1 aliphatic carbocycles. The van der Waals surface area contributed by atoms with Gasteiger partial charge in [-0.3, -0.25) is 9.78 Å². The lowest BCUT2D eigenvalue weighted by Crippen LogP contribution is -2.57. The first-order valence-corrected chi connectivity index (χ1v) is 7.10. The van der Waals surface area contributed by atoms with E-state index in [0.717, 1.165) is 25.7 Å². The van der Waals surface area contributed by atoms with Crippen LogP contribution in [0.5, 0.6) is 0 Å². The Labute approximate surface area is 112 Å². The molecule has 2 rings (SSSR count). The van der Waals surface area contributed by atoms with Crippen molar-refractivity contribution in [1.82, 2.24) is 10.3 Å². The second-order valence-electron chi connectivity index (χ2n) is 4.72. The standard InChI is InChI=1S/C13H19N3OS/c1-15-13(12(14)17)6-2-3-11(9-13)18-10-4-7-16-8-5-10/h4-5,7-8,11,15H,2-3,6,9H2,1H3,(H2,14,17). The van der Waals surface area contributed by atoms with Crippen LogP contribution in [0.2, 0.25) is 0 Å². The predicted molar refractivity (Wildman–Crippen MR) is 73.3 cm³/mol. The fourth-order valence-corrected chi connectivity index (χ4v) is 3.82. The minimum atomic E-state index is -0.525. The van der Waals surface area contributed by atoms with Crippen molar-refractivity contribution in [1.29, 1.82) is 0 Å². The van der Waals surface area contributed by atoms with E-state index in [9.17, 15) is 4.79 Å². The van der Waals surface area contributed by atoms with E-state index in [4.69, 9.17) is 5.73 Å². The number of likely N-dealkylation sites (N-methyl/N-ethyl adjacent to an activating group) is 1. The molecule has 3 N–H and O–H groups in total. The molecule has 1 aromatic rings. The SMILES string of the molecule is CNC1(C(N)=O)CCCC(Sc2ccncc2)C1. The van der Waals surface area contributed by atoms with Crippen molar-refractivity contribution in [2.75, 3.05) is 7.05 Å². The van der Waals surface area contributed by atoms with E-state index in [1.807, 2.05) is 30.9 Å². The number of amides is 1. The summed E-state index contributed by atoms with van der Waals surface area (Å²) in [5.74, 6) is -0.231. The Morgan fingerprint density at radius 3 is 2.89 bits per heavy atom. The van der Waals surface area contributed by atoms with Gasteiger partial charge in [0.05, 0.1) is 5.54 Å². The minimum Gasteiger partial charge on any atom is -0.368 e. The molecule has 4 nitrogen and oxygen atoms in total. The second-order valence-corrected chi connectivity index (χ2v) is 6.09. The van der Waals surface area contributed by atoms with E-state index in [2.05, 4.69) is 10.3 Å². The van der Waals surface area contributed by atoms with E-state index in [1.54, 1.807) is 12.4 Å². The normalized spacial score (nSPS) is 27.9. The van der Waals surface area contributed by atoms with Gasteiger partial charge in [0.25, 0.3) is 0 Å². The van der Waals surface area contributed by atoms with Gasteiger partial charge in [-0.2, -0.15) is 0 Å². The molecule has 1 fully saturated rings. The Bertz CT molecular complexity index is 412. The van der Waals surface area contributed by atoms with Crippen LogP contribution in [0.1, 0.15) is 25.7 Å². The summed E-state index contributed by atoms with van der Waals surface area (Å²) in [5, 5.41) is 3.56. The van der Waals surface area contributed by atoms with Gasteiger partial charge in [0.15, 0.2) is 0 Å². The summed E-state index contributed by atoms with van der Waals surface area (Å²) in [7, 11) is 1.82. The Kier molecular flexibility index (Phi) is 4.24. The molecule has 1 amide bonds. The molecule has 1 aliphatic rings. The van der Waals surface area contributed by atoms with E-state index >= 15 is 0 Å². The van der Waals surface area contributed by atoms with Gasteiger partial charge < -0.3 is 11.1 Å². The lowest BCUT2D eigenvalue weighted by molar-refractivity contribution is -0.125. The number of thioether (sulfide) groups is 1. The zero-order chi connectivity index (χ0) is 13.0. The van der Waals surface area contributed by atoms with E-state index in [0.29, 0.717) is 5.25 Å². The highest BCUT2D eigenvalue weighted by molar-refractivity contribution is 8.00. The van der Waals surface area contributed by atoms with Crippen molar-refractivity contribution in [2.24, 2.45) is 5.73 Å². The van der Waals surface area contributed by atoms with Crippen LogP contribution in [0.25, 0.3) is 0 Å². The molecule has 98 valence electrons. The Hall–Kier alpha value is -1.07. The van der Waals surface area contributed by atoms with Gasteiger partial charge >= 0.3 is 0 Å². The molecule has 0 aliphatic heterocycles. The van der Waals surface area contributed by atoms with Crippen LogP contribution in [0.3, 0.4) is 0 Å². The molecule has 0 spiro atoms. The Morgan fingerprint density at radius 2 is 2.28 bits per heavy atom. The third-order valence-electron chi connectivity index (χ3n) is 3.61. The topological polar surface area (TPSA) is 68.0 Å². The minimum absolute atomic E-state index is 0.231. The summed E-state index contributed by atoms with van der Waals surface area (Å²) in [6.45, 7) is 0. The van der Waals surface area contributed by atoms with E-state index < -0.39 is 5.54 Å². The highest BCUT2D eigenvalue weighted by Gasteiger charge is 2.40. The summed E-state index contributed by atoms with van der Waals surface area (Å²) in [5.41, 5.74) is 5.02. The summed E-state index contributed by atoms with van der Waals surface area (Å²) in [6, 6.07) is 4.01. The van der Waals surface area contributed by atoms with Gasteiger partial charge in [-0.1, -0.05) is 0 Å². The molecule has 0 bridgehead atoms. The number of rotatable bonds is 4. The molecule has 0 aromatic carbocycles. The molecule has 1 saturated carbocycles. The van der Waals surface area contributed by atoms with Crippen LogP contribution in [0.4, 0.5) is 0 Å². The highest BCUT2D eigenvalue weighted by atomic mass is 32.2. The van der Waals surface area contributed by atoms with Crippen LogP contribution in [0.15, 0.2) is 29.4 Å². The van der Waals surface area contributed by atoms with E-state index in [1.165, 1.54) is 4.90 Å². The number of pyridine rings is 1. The molecule has 0 radical (unpaired) electrons. The molecular weight excluding hydrogens is 246 g/mol. The maximum Gasteiger partial charge on any atom is 0.237 e. The molecule has 2 atom stereocenters. The number of nitrogens with two attached hydrogens (primary N) is 1. The smallest absolute Gasteiger partial charge is 0.237 e. The molecule has 2 unspecified atom stereocenters. The number of aromatic nitrogens is 1. The number of primary amides is 1. The van der Waals surface area contributed by atoms with Gasteiger partial charge in [-0.25, -0.2) is 0 Å². The van der Waals surface area contributed by atoms with Gasteiger partial charge in [0.2, 0.25) is 5.91 Å². The summed E-state index contributed by atoms with van der Waals surface area (Å²) < 4.78 is 0. The van der Waals surface area contributed by atoms with Crippen molar-refractivity contribution < 1.29 is 4.79 Å². The molecule has 5 heteroatoms. The maximum absolute atomic E-state index is 11.6. The van der Waals surface area contributed by atoms with Crippen LogP contribution in [0, 0.1) is 0 Å². The Balaban J connectivity index is 2.05. The zero-order valence-electron chi connectivity index (χ0n) is 10.6. The summed E-state index contributed by atoms with van der Waals surface area (Å²) in [6.07, 6.45) is 7.39. The number of nitrogens with zero attached hydrogens (tertiary/aromatic N) is 1. The lowest BCUT2D eigenvalue weighted by Gasteiger charge is -2.38. The van der Waals surface area contributed by atoms with Crippen molar-refractivity contribution in [3.63, 3.8) is 0 Å². The lowest BCUT2D eigenvalue weighted by atomic mass is 9.81. The molecule has 18 heavy (non-hydrogen) atoms. The molecule has 0 saturated heterocycles. The fraction of sp³-hybridized carbons (Fsp3) is 0.538. The van der Waals surface area contributed by atoms with Gasteiger partial charge in [-0.15, -0.1) is 11.8 Å². The number of nitrogens with one attached hydrogen (secondary N) is 1. The first kappa shape index (κ1) is 13.4. The first-order chi connectivity index (χ1) is 8.66. The van der Waals surface area contributed by atoms with Crippen molar-refractivity contribution >= 4 is 17.7 Å². The van der Waals surface area contributed by atoms with Gasteiger partial charge in [-0.05, 0) is 44.9 Å². The average molecular weight is 265 g/mol. The molecule has 1 heterocycles. The van der Waals surface area contributed by atoms with Crippen LogP contribution in [-0.2, 0) is 4.79 Å². The van der Waals surface area contributed by atoms with Crippen molar-refractivity contribution in [2.45, 2.75) is 41.4 Å². The van der Waals surface area contributed by atoms with Gasteiger partial charge in [0, 0.05) is 22.5 Å². The average Bonchev–Trinajstić information content (AvgIpc) is 2.40. The third kappa shape index (κ3) is 2.84. The van der Waals surface area contributed by atoms with Crippen molar-refractivity contribution in [3.05, 3.63) is 24.5 Å². The third-order valence-corrected chi connectivity index (χ3v) is 4.89. The van der Waals surface area contributed by atoms with E-state index in [-0.39, 0.29) is 5.91 Å². The van der Waals surface area contributed by atoms with Crippen molar-refractivity contribution in [3.8, 4) is 0 Å². The monoisotopic (exact) mass is 265 g/mol. The summed E-state index contributed by atoms with van der Waals surface area (Å²) >= 11 is 1.81. The summed E-state index contributed by atoms with van der Waals surface area (Å²) in [4.78, 5) is 16.9. The number of carbonyl (C=O) groups excluding carboxylic acids is 1. The molecular formula is C13H19N3OS. The Morgan fingerprint density at radius 1 is 1.56 bits per heavy atom. The molecule has 1 aromatic heterocycles. The number of hydrogen-bond donors (Lipinski definition) is 2. The number of carbonyl (C=O) groups is 1. The second kappa shape index (κ2) is 5.71. The largest absolute Gasteiger partial charge is 0.368 e. The van der Waals surface area contributed by atoms with Crippen LogP contribution < -0.4 is 11.1 Å². The highest BCUT2D eigenvalue weighted by Crippen LogP contribution is 2.37. The number of hydrogen-bond acceptors (Lipinski definition) is 4. The zero-order valence-corrected chi connectivity index (χ0v) is 11.4. The van der Waals surface area contributed by atoms with Crippen LogP contribution in [-0.4, -0.2) is 28.7 Å².